The second-order valence-electron chi connectivity index (χ2n) is 3.06. The van der Waals surface area contributed by atoms with Crippen molar-refractivity contribution in [1.82, 2.24) is 0 Å². The first-order valence-electron chi connectivity index (χ1n) is 4.78. The molecule has 0 saturated carbocycles. The van der Waals surface area contributed by atoms with Crippen LogP contribution in [0.2, 0.25) is 0 Å². The van der Waals surface area contributed by atoms with Gasteiger partial charge in [0.1, 0.15) is 12.2 Å². The van der Waals surface area contributed by atoms with Gasteiger partial charge in [0.2, 0.25) is 0 Å². The summed E-state index contributed by atoms with van der Waals surface area (Å²) < 4.78 is 20.5. The summed E-state index contributed by atoms with van der Waals surface area (Å²) >= 11 is 0. The second-order valence-corrected chi connectivity index (χ2v) is 3.06. The molecule has 2 aliphatic rings. The highest BCUT2D eigenvalue weighted by Crippen LogP contribution is 2.09. The lowest BCUT2D eigenvalue weighted by Crippen LogP contribution is -2.10. The average molecular weight is 206 g/mol. The van der Waals surface area contributed by atoms with Crippen molar-refractivity contribution in [1.29, 1.82) is 0 Å². The molecule has 2 rings (SSSR count). The molecule has 2 fully saturated rings. The maximum atomic E-state index is 7.00. The van der Waals surface area contributed by atoms with Gasteiger partial charge in [-0.25, -0.2) is 0 Å². The minimum Gasteiger partial charge on any atom is -0.400 e. The Bertz CT molecular complexity index is 117. The third-order valence-electron chi connectivity index (χ3n) is 1.78. The van der Waals surface area contributed by atoms with E-state index in [9.17, 15) is 0 Å². The molecule has 0 aromatic rings. The monoisotopic (exact) mass is 206 g/mol. The number of aliphatic hydroxyl groups is 1. The van der Waals surface area contributed by atoms with Crippen LogP contribution in [0.5, 0.6) is 0 Å². The fourth-order valence-corrected chi connectivity index (χ4v) is 0.876. The summed E-state index contributed by atoms with van der Waals surface area (Å²) in [6.07, 6.45) is 0.716. The van der Waals surface area contributed by atoms with E-state index < -0.39 is 0 Å². The van der Waals surface area contributed by atoms with Crippen molar-refractivity contribution >= 4 is 0 Å². The zero-order valence-corrected chi connectivity index (χ0v) is 8.48. The van der Waals surface area contributed by atoms with Crippen molar-refractivity contribution in [3.8, 4) is 0 Å². The van der Waals surface area contributed by atoms with E-state index in [2.05, 4.69) is 0 Å². The van der Waals surface area contributed by atoms with Crippen molar-refractivity contribution in [2.45, 2.75) is 12.2 Å². The van der Waals surface area contributed by atoms with Gasteiger partial charge >= 0.3 is 0 Å². The highest BCUT2D eigenvalue weighted by atomic mass is 16.6. The minimum absolute atomic E-state index is 0.358. The molecule has 84 valence electrons. The molecule has 0 spiro atoms. The lowest BCUT2D eigenvalue weighted by atomic mass is 10.5. The van der Waals surface area contributed by atoms with Gasteiger partial charge in [0.05, 0.1) is 39.6 Å². The molecular formula is C9H18O5. The average Bonchev–Trinajstić information content (AvgIpc) is 3.07. The van der Waals surface area contributed by atoms with Crippen LogP contribution in [-0.2, 0) is 18.9 Å². The molecule has 2 aliphatic heterocycles. The van der Waals surface area contributed by atoms with Crippen LogP contribution in [0, 0.1) is 0 Å². The van der Waals surface area contributed by atoms with Crippen molar-refractivity contribution in [3.63, 3.8) is 0 Å². The number of epoxide rings is 2. The van der Waals surface area contributed by atoms with Crippen LogP contribution in [0.25, 0.3) is 0 Å². The molecule has 2 heterocycles. The lowest BCUT2D eigenvalue weighted by molar-refractivity contribution is 0.0366. The van der Waals surface area contributed by atoms with E-state index in [0.717, 1.165) is 20.3 Å². The third kappa shape index (κ3) is 6.28. The minimum atomic E-state index is 0.358. The Morgan fingerprint density at radius 3 is 1.64 bits per heavy atom. The Balaban J connectivity index is 0.000000461. The number of hydrogen-bond donors (Lipinski definition) is 1. The molecule has 0 aromatic heterocycles. The predicted octanol–water partition coefficient (Wildman–Crippen LogP) is -0.574. The van der Waals surface area contributed by atoms with Crippen LogP contribution in [0.3, 0.4) is 0 Å². The molecule has 0 aromatic carbocycles. The maximum absolute atomic E-state index is 7.00. The van der Waals surface area contributed by atoms with E-state index in [1.165, 1.54) is 0 Å². The van der Waals surface area contributed by atoms with Crippen LogP contribution < -0.4 is 0 Å². The lowest BCUT2D eigenvalue weighted by Gasteiger charge is -2.02. The van der Waals surface area contributed by atoms with Gasteiger partial charge in [-0.3, -0.25) is 0 Å². The first-order chi connectivity index (χ1) is 6.95. The molecule has 5 heteroatoms. The summed E-state index contributed by atoms with van der Waals surface area (Å²) in [6.45, 7) is 4.46. The van der Waals surface area contributed by atoms with Crippen molar-refractivity contribution < 1.29 is 24.1 Å². The second kappa shape index (κ2) is 7.14. The van der Waals surface area contributed by atoms with Gasteiger partial charge in [0, 0.05) is 7.11 Å². The fraction of sp³-hybridized carbons (Fsp3) is 1.00. The van der Waals surface area contributed by atoms with Crippen molar-refractivity contribution in [2.75, 3.05) is 46.8 Å². The SMILES string of the molecule is C(COCC1CO1)OCC1CO1.CO. The van der Waals surface area contributed by atoms with Gasteiger partial charge in [0.25, 0.3) is 0 Å². The van der Waals surface area contributed by atoms with Gasteiger partial charge in [-0.1, -0.05) is 0 Å². The topological polar surface area (TPSA) is 63.8 Å². The molecule has 0 radical (unpaired) electrons. The molecule has 1 N–H and O–H groups in total. The number of rotatable bonds is 7. The van der Waals surface area contributed by atoms with E-state index in [1.807, 2.05) is 0 Å². The van der Waals surface area contributed by atoms with E-state index in [1.54, 1.807) is 0 Å². The Morgan fingerprint density at radius 1 is 1.00 bits per heavy atom. The molecule has 2 saturated heterocycles. The number of aliphatic hydroxyl groups excluding tert-OH is 1. The quantitative estimate of drug-likeness (QED) is 0.446. The van der Waals surface area contributed by atoms with E-state index in [-0.39, 0.29) is 0 Å². The van der Waals surface area contributed by atoms with E-state index >= 15 is 0 Å². The molecule has 14 heavy (non-hydrogen) atoms. The van der Waals surface area contributed by atoms with Gasteiger partial charge in [-0.15, -0.1) is 0 Å². The van der Waals surface area contributed by atoms with Gasteiger partial charge in [-0.2, -0.15) is 0 Å². The highest BCUT2D eigenvalue weighted by Gasteiger charge is 2.23. The number of hydrogen-bond acceptors (Lipinski definition) is 5. The van der Waals surface area contributed by atoms with Crippen LogP contribution in [0.1, 0.15) is 0 Å². The normalized spacial score (nSPS) is 27.9. The van der Waals surface area contributed by atoms with Crippen LogP contribution >= 0.6 is 0 Å². The van der Waals surface area contributed by atoms with E-state index in [0.29, 0.717) is 38.6 Å². The first kappa shape index (κ1) is 11.9. The van der Waals surface area contributed by atoms with Crippen LogP contribution in [-0.4, -0.2) is 64.1 Å². The Kier molecular flexibility index (Phi) is 6.05. The Hall–Kier alpha value is -0.200. The van der Waals surface area contributed by atoms with Crippen molar-refractivity contribution in [2.24, 2.45) is 0 Å². The highest BCUT2D eigenvalue weighted by molar-refractivity contribution is 4.68. The fourth-order valence-electron chi connectivity index (χ4n) is 0.876. The van der Waals surface area contributed by atoms with E-state index in [4.69, 9.17) is 24.1 Å². The molecular weight excluding hydrogens is 188 g/mol. The largest absolute Gasteiger partial charge is 0.400 e. The summed E-state index contributed by atoms with van der Waals surface area (Å²) in [5.74, 6) is 0. The third-order valence-corrected chi connectivity index (χ3v) is 1.78. The summed E-state index contributed by atoms with van der Waals surface area (Å²) in [6, 6.07) is 0. The standard InChI is InChI=1S/C8H14O4.CH4O/c1(9-3-7-5-11-7)2-10-4-8-6-12-8;1-2/h7-8H,1-6H2;2H,1H3. The molecule has 2 unspecified atom stereocenters. The molecule has 5 nitrogen and oxygen atoms in total. The Morgan fingerprint density at radius 2 is 1.36 bits per heavy atom. The predicted molar refractivity (Wildman–Crippen MR) is 49.3 cm³/mol. The van der Waals surface area contributed by atoms with Crippen molar-refractivity contribution in [3.05, 3.63) is 0 Å². The molecule has 0 amide bonds. The van der Waals surface area contributed by atoms with Gasteiger partial charge < -0.3 is 24.1 Å². The zero-order valence-electron chi connectivity index (χ0n) is 8.48. The van der Waals surface area contributed by atoms with Crippen LogP contribution in [0.4, 0.5) is 0 Å². The van der Waals surface area contributed by atoms with Gasteiger partial charge in [0.15, 0.2) is 0 Å². The molecule has 0 bridgehead atoms. The first-order valence-corrected chi connectivity index (χ1v) is 4.78. The Labute approximate surface area is 83.9 Å². The molecule has 2 atom stereocenters. The zero-order chi connectivity index (χ0) is 10.2. The van der Waals surface area contributed by atoms with Crippen LogP contribution in [0.15, 0.2) is 0 Å². The maximum Gasteiger partial charge on any atom is 0.104 e. The summed E-state index contributed by atoms with van der Waals surface area (Å²) in [5.41, 5.74) is 0. The smallest absolute Gasteiger partial charge is 0.104 e. The summed E-state index contributed by atoms with van der Waals surface area (Å²) in [5, 5.41) is 7.00. The molecule has 0 aliphatic carbocycles. The van der Waals surface area contributed by atoms with Gasteiger partial charge in [-0.05, 0) is 0 Å². The number of ether oxygens (including phenoxy) is 4. The summed E-state index contributed by atoms with van der Waals surface area (Å²) in [4.78, 5) is 0. The summed E-state index contributed by atoms with van der Waals surface area (Å²) in [7, 11) is 1.00.